The largest absolute Gasteiger partial charge is 0.296 e. The second-order valence-electron chi connectivity index (χ2n) is 2.32. The van der Waals surface area contributed by atoms with Crippen molar-refractivity contribution in [1.29, 1.82) is 0 Å². The molecule has 0 fully saturated rings. The molecule has 0 aliphatic carbocycles. The Bertz CT molecular complexity index is 269. The molecule has 0 aromatic carbocycles. The van der Waals surface area contributed by atoms with Crippen molar-refractivity contribution in [2.45, 2.75) is 12.2 Å². The molecule has 0 aliphatic heterocycles. The predicted octanol–water partition coefficient (Wildman–Crippen LogP) is 2.40. The van der Waals surface area contributed by atoms with Gasteiger partial charge in [0.2, 0.25) is 0 Å². The maximum Gasteiger partial charge on any atom is 0.124 e. The Morgan fingerprint density at radius 3 is 3.08 bits per heavy atom. The summed E-state index contributed by atoms with van der Waals surface area (Å²) in [6, 6.07) is 3.82. The third-order valence-corrected chi connectivity index (χ3v) is 3.60. The first-order chi connectivity index (χ1) is 5.74. The van der Waals surface area contributed by atoms with Gasteiger partial charge in [-0.05, 0) is 24.4 Å². The molecule has 12 heavy (non-hydrogen) atoms. The van der Waals surface area contributed by atoms with Gasteiger partial charge in [0.1, 0.15) is 11.0 Å². The van der Waals surface area contributed by atoms with E-state index in [1.165, 1.54) is 0 Å². The van der Waals surface area contributed by atoms with Crippen molar-refractivity contribution in [3.05, 3.63) is 30.2 Å². The Morgan fingerprint density at radius 2 is 2.58 bits per heavy atom. The molecule has 2 unspecified atom stereocenters. The zero-order valence-corrected chi connectivity index (χ0v) is 8.45. The van der Waals surface area contributed by atoms with Gasteiger partial charge < -0.3 is 0 Å². The number of hydrogen-bond donors (Lipinski definition) is 1. The Hall–Kier alpha value is -0.610. The molecule has 1 aromatic heterocycles. The van der Waals surface area contributed by atoms with Crippen LogP contribution in [0.3, 0.4) is 0 Å². The van der Waals surface area contributed by atoms with Gasteiger partial charge in [0.15, 0.2) is 0 Å². The normalized spacial score (nSPS) is 15.1. The lowest BCUT2D eigenvalue weighted by Crippen LogP contribution is -2.14. The summed E-state index contributed by atoms with van der Waals surface area (Å²) in [6.45, 7) is 5.45. The molecule has 0 radical (unpaired) electrons. The van der Waals surface area contributed by atoms with Gasteiger partial charge in [-0.15, -0.1) is 17.9 Å². The molecular formula is C8H11NOS2. The van der Waals surface area contributed by atoms with Crippen LogP contribution in [0.25, 0.3) is 0 Å². The van der Waals surface area contributed by atoms with E-state index in [-0.39, 0.29) is 5.25 Å². The molecular weight excluding hydrogens is 190 g/mol. The van der Waals surface area contributed by atoms with Crippen LogP contribution in [-0.2, 0) is 11.0 Å². The fourth-order valence-electron chi connectivity index (χ4n) is 0.616. The van der Waals surface area contributed by atoms with Crippen LogP contribution in [-0.4, -0.2) is 9.46 Å². The highest BCUT2D eigenvalue weighted by molar-refractivity contribution is 7.87. The zero-order valence-electron chi connectivity index (χ0n) is 6.82. The van der Waals surface area contributed by atoms with E-state index in [0.29, 0.717) is 0 Å². The second-order valence-corrected chi connectivity index (χ2v) is 4.81. The van der Waals surface area contributed by atoms with Gasteiger partial charge >= 0.3 is 0 Å². The molecule has 0 bridgehead atoms. The van der Waals surface area contributed by atoms with Crippen molar-refractivity contribution >= 4 is 27.3 Å². The Labute approximate surface area is 78.9 Å². The van der Waals surface area contributed by atoms with Gasteiger partial charge in [-0.2, -0.15) is 0 Å². The minimum atomic E-state index is -1.05. The van der Waals surface area contributed by atoms with E-state index in [9.17, 15) is 4.21 Å². The fraction of sp³-hybridized carbons (Fsp3) is 0.250. The quantitative estimate of drug-likeness (QED) is 0.745. The SMILES string of the molecule is C=CC(C)S(=O)Nc1cccs1. The van der Waals surface area contributed by atoms with Gasteiger partial charge in [0, 0.05) is 0 Å². The Balaban J connectivity index is 2.53. The summed E-state index contributed by atoms with van der Waals surface area (Å²) in [6.07, 6.45) is 1.68. The number of rotatable bonds is 4. The van der Waals surface area contributed by atoms with Gasteiger partial charge in [0.05, 0.1) is 10.3 Å². The minimum absolute atomic E-state index is 0.0212. The smallest absolute Gasteiger partial charge is 0.124 e. The lowest BCUT2D eigenvalue weighted by atomic mass is 10.5. The van der Waals surface area contributed by atoms with Crippen molar-refractivity contribution in [2.75, 3.05) is 4.72 Å². The molecule has 4 heteroatoms. The third kappa shape index (κ3) is 2.46. The number of hydrogen-bond acceptors (Lipinski definition) is 2. The maximum atomic E-state index is 11.4. The van der Waals surface area contributed by atoms with E-state index in [2.05, 4.69) is 11.3 Å². The first-order valence-corrected chi connectivity index (χ1v) is 5.66. The summed E-state index contributed by atoms with van der Waals surface area (Å²) in [5.41, 5.74) is 0. The molecule has 1 N–H and O–H groups in total. The van der Waals surface area contributed by atoms with E-state index < -0.39 is 11.0 Å². The van der Waals surface area contributed by atoms with Crippen molar-refractivity contribution in [3.8, 4) is 0 Å². The van der Waals surface area contributed by atoms with E-state index in [1.807, 2.05) is 24.4 Å². The Kier molecular flexibility index (Phi) is 3.49. The molecule has 0 saturated heterocycles. The number of anilines is 1. The molecule has 1 aromatic rings. The highest BCUT2D eigenvalue weighted by Crippen LogP contribution is 2.16. The van der Waals surface area contributed by atoms with Crippen LogP contribution in [0.4, 0.5) is 5.00 Å². The monoisotopic (exact) mass is 201 g/mol. The Morgan fingerprint density at radius 1 is 1.83 bits per heavy atom. The molecule has 0 aliphatic rings. The lowest BCUT2D eigenvalue weighted by molar-refractivity contribution is 0.683. The molecule has 1 heterocycles. The summed E-state index contributed by atoms with van der Waals surface area (Å²) >= 11 is 1.54. The van der Waals surface area contributed by atoms with Crippen molar-refractivity contribution in [3.63, 3.8) is 0 Å². The molecule has 1 rings (SSSR count). The van der Waals surface area contributed by atoms with Crippen LogP contribution in [0.2, 0.25) is 0 Å². The van der Waals surface area contributed by atoms with E-state index in [0.717, 1.165) is 5.00 Å². The molecule has 2 atom stereocenters. The fourth-order valence-corrected chi connectivity index (χ4v) is 2.14. The standard InChI is InChI=1S/C8H11NOS2/c1-3-7(2)12(10)9-8-5-4-6-11-8/h3-7,9H,1H2,2H3. The number of thiophene rings is 1. The van der Waals surface area contributed by atoms with Gasteiger partial charge in [0.25, 0.3) is 0 Å². The summed E-state index contributed by atoms with van der Waals surface area (Å²) in [4.78, 5) is 0. The van der Waals surface area contributed by atoms with Crippen molar-refractivity contribution < 1.29 is 4.21 Å². The molecule has 2 nitrogen and oxygen atoms in total. The summed E-state index contributed by atoms with van der Waals surface area (Å²) in [5, 5.41) is 2.85. The first-order valence-electron chi connectivity index (χ1n) is 3.57. The summed E-state index contributed by atoms with van der Waals surface area (Å²) in [5.74, 6) is 0. The minimum Gasteiger partial charge on any atom is -0.296 e. The van der Waals surface area contributed by atoms with Gasteiger partial charge in [-0.3, -0.25) is 4.72 Å². The van der Waals surface area contributed by atoms with Crippen LogP contribution in [0.5, 0.6) is 0 Å². The maximum absolute atomic E-state index is 11.4. The average molecular weight is 201 g/mol. The van der Waals surface area contributed by atoms with Crippen LogP contribution in [0, 0.1) is 0 Å². The van der Waals surface area contributed by atoms with Crippen LogP contribution >= 0.6 is 11.3 Å². The van der Waals surface area contributed by atoms with Gasteiger partial charge in [-0.1, -0.05) is 6.08 Å². The van der Waals surface area contributed by atoms with Crippen molar-refractivity contribution in [2.24, 2.45) is 0 Å². The van der Waals surface area contributed by atoms with E-state index >= 15 is 0 Å². The second kappa shape index (κ2) is 4.42. The summed E-state index contributed by atoms with van der Waals surface area (Å²) in [7, 11) is -1.05. The molecule has 66 valence electrons. The van der Waals surface area contributed by atoms with Crippen LogP contribution < -0.4 is 4.72 Å². The number of nitrogens with one attached hydrogen (secondary N) is 1. The molecule has 0 amide bonds. The molecule has 0 saturated carbocycles. The lowest BCUT2D eigenvalue weighted by Gasteiger charge is -2.06. The predicted molar refractivity (Wildman–Crippen MR) is 55.7 cm³/mol. The average Bonchev–Trinajstić information content (AvgIpc) is 2.55. The topological polar surface area (TPSA) is 29.1 Å². The zero-order chi connectivity index (χ0) is 8.97. The van der Waals surface area contributed by atoms with Gasteiger partial charge in [-0.25, -0.2) is 4.21 Å². The van der Waals surface area contributed by atoms with E-state index in [1.54, 1.807) is 17.4 Å². The van der Waals surface area contributed by atoms with Crippen LogP contribution in [0.15, 0.2) is 30.2 Å². The van der Waals surface area contributed by atoms with Crippen LogP contribution in [0.1, 0.15) is 6.92 Å². The first kappa shape index (κ1) is 9.48. The molecule has 0 spiro atoms. The highest BCUT2D eigenvalue weighted by atomic mass is 32.2. The highest BCUT2D eigenvalue weighted by Gasteiger charge is 2.06. The van der Waals surface area contributed by atoms with E-state index in [4.69, 9.17) is 0 Å². The van der Waals surface area contributed by atoms with Crippen molar-refractivity contribution in [1.82, 2.24) is 0 Å². The summed E-state index contributed by atoms with van der Waals surface area (Å²) < 4.78 is 14.3. The third-order valence-electron chi connectivity index (χ3n) is 1.39.